The smallest absolute Gasteiger partial charge is 0.420 e. The van der Waals surface area contributed by atoms with Crippen molar-refractivity contribution in [3.8, 4) is 5.75 Å². The van der Waals surface area contributed by atoms with Gasteiger partial charge in [-0.3, -0.25) is 4.98 Å². The molecule has 0 unspecified atom stereocenters. The summed E-state index contributed by atoms with van der Waals surface area (Å²) < 4.78 is 66.9. The van der Waals surface area contributed by atoms with E-state index in [0.717, 1.165) is 14.0 Å². The van der Waals surface area contributed by atoms with Crippen molar-refractivity contribution in [3.05, 3.63) is 23.0 Å². The van der Waals surface area contributed by atoms with Crippen LogP contribution in [-0.4, -0.2) is 12.1 Å². The van der Waals surface area contributed by atoms with E-state index >= 15 is 0 Å². The first kappa shape index (κ1) is 12.7. The SMILES string of the molecule is COc1cnc(C(F)F)c(C)c1C(F)(F)F. The second kappa shape index (κ2) is 4.23. The highest BCUT2D eigenvalue weighted by molar-refractivity contribution is 5.42. The Bertz CT molecular complexity index is 388. The highest BCUT2D eigenvalue weighted by Gasteiger charge is 2.38. The second-order valence-electron chi connectivity index (χ2n) is 3.01. The molecule has 0 aromatic carbocycles. The monoisotopic (exact) mass is 241 g/mol. The van der Waals surface area contributed by atoms with Gasteiger partial charge >= 0.3 is 6.18 Å². The van der Waals surface area contributed by atoms with E-state index < -0.39 is 35.2 Å². The molecule has 0 aliphatic rings. The van der Waals surface area contributed by atoms with Crippen molar-refractivity contribution in [2.45, 2.75) is 19.5 Å². The van der Waals surface area contributed by atoms with Crippen LogP contribution in [0.25, 0.3) is 0 Å². The van der Waals surface area contributed by atoms with Gasteiger partial charge in [0.25, 0.3) is 6.43 Å². The zero-order chi connectivity index (χ0) is 12.5. The van der Waals surface area contributed by atoms with Gasteiger partial charge in [0, 0.05) is 0 Å². The molecule has 1 aromatic heterocycles. The van der Waals surface area contributed by atoms with E-state index in [4.69, 9.17) is 0 Å². The molecule has 7 heteroatoms. The third-order valence-electron chi connectivity index (χ3n) is 2.04. The minimum Gasteiger partial charge on any atom is -0.494 e. The number of ether oxygens (including phenoxy) is 1. The topological polar surface area (TPSA) is 22.1 Å². The molecule has 0 saturated carbocycles. The highest BCUT2D eigenvalue weighted by Crippen LogP contribution is 2.40. The Balaban J connectivity index is 3.47. The molecule has 16 heavy (non-hydrogen) atoms. The van der Waals surface area contributed by atoms with Gasteiger partial charge in [0.1, 0.15) is 17.0 Å². The number of aromatic nitrogens is 1. The predicted molar refractivity (Wildman–Crippen MR) is 45.5 cm³/mol. The van der Waals surface area contributed by atoms with Crippen LogP contribution in [0.3, 0.4) is 0 Å². The first-order valence-corrected chi connectivity index (χ1v) is 4.17. The van der Waals surface area contributed by atoms with Gasteiger partial charge < -0.3 is 4.74 Å². The Kier molecular flexibility index (Phi) is 3.35. The molecule has 0 fully saturated rings. The molecule has 0 spiro atoms. The molecule has 0 saturated heterocycles. The molecule has 0 aliphatic carbocycles. The van der Waals surface area contributed by atoms with E-state index in [-0.39, 0.29) is 0 Å². The lowest BCUT2D eigenvalue weighted by atomic mass is 10.1. The van der Waals surface area contributed by atoms with Crippen molar-refractivity contribution < 1.29 is 26.7 Å². The van der Waals surface area contributed by atoms with Gasteiger partial charge in [0.15, 0.2) is 0 Å². The average molecular weight is 241 g/mol. The fraction of sp³-hybridized carbons (Fsp3) is 0.444. The van der Waals surface area contributed by atoms with Crippen LogP contribution in [0.2, 0.25) is 0 Å². The number of nitrogens with zero attached hydrogens (tertiary/aromatic N) is 1. The number of pyridine rings is 1. The van der Waals surface area contributed by atoms with Crippen molar-refractivity contribution in [1.29, 1.82) is 0 Å². The van der Waals surface area contributed by atoms with Crippen LogP contribution < -0.4 is 4.74 Å². The lowest BCUT2D eigenvalue weighted by molar-refractivity contribution is -0.139. The van der Waals surface area contributed by atoms with Crippen molar-refractivity contribution in [1.82, 2.24) is 4.98 Å². The summed E-state index contributed by atoms with van der Waals surface area (Å²) in [6.45, 7) is 0.944. The van der Waals surface area contributed by atoms with Crippen LogP contribution in [-0.2, 0) is 6.18 Å². The van der Waals surface area contributed by atoms with Crippen LogP contribution in [0, 0.1) is 6.92 Å². The minimum absolute atomic E-state index is 0.561. The predicted octanol–water partition coefficient (Wildman–Crippen LogP) is 3.36. The maximum absolute atomic E-state index is 12.6. The fourth-order valence-electron chi connectivity index (χ4n) is 1.33. The summed E-state index contributed by atoms with van der Waals surface area (Å²) in [7, 11) is 1.02. The van der Waals surface area contributed by atoms with Crippen LogP contribution in [0.5, 0.6) is 5.75 Å². The maximum atomic E-state index is 12.6. The van der Waals surface area contributed by atoms with Crippen LogP contribution in [0.15, 0.2) is 6.20 Å². The molecule has 0 atom stereocenters. The van der Waals surface area contributed by atoms with Crippen molar-refractivity contribution in [2.75, 3.05) is 7.11 Å². The van der Waals surface area contributed by atoms with Crippen molar-refractivity contribution >= 4 is 0 Å². The lowest BCUT2D eigenvalue weighted by Gasteiger charge is -2.16. The molecular formula is C9H8F5NO. The van der Waals surface area contributed by atoms with Crippen LogP contribution in [0.4, 0.5) is 22.0 Å². The third kappa shape index (κ3) is 2.23. The largest absolute Gasteiger partial charge is 0.494 e. The number of hydrogen-bond acceptors (Lipinski definition) is 2. The lowest BCUT2D eigenvalue weighted by Crippen LogP contribution is -2.13. The summed E-state index contributed by atoms with van der Waals surface area (Å²) in [5.41, 5.74) is -2.70. The van der Waals surface area contributed by atoms with E-state index in [0.29, 0.717) is 6.20 Å². The summed E-state index contributed by atoms with van der Waals surface area (Å²) >= 11 is 0. The summed E-state index contributed by atoms with van der Waals surface area (Å²) in [6.07, 6.45) is -7.15. The number of rotatable bonds is 2. The van der Waals surface area contributed by atoms with Gasteiger partial charge in [-0.2, -0.15) is 13.2 Å². The first-order chi connectivity index (χ1) is 7.29. The van der Waals surface area contributed by atoms with E-state index in [1.165, 1.54) is 0 Å². The van der Waals surface area contributed by atoms with E-state index in [9.17, 15) is 22.0 Å². The minimum atomic E-state index is -4.75. The molecule has 0 amide bonds. The van der Waals surface area contributed by atoms with Crippen molar-refractivity contribution in [2.24, 2.45) is 0 Å². The highest BCUT2D eigenvalue weighted by atomic mass is 19.4. The average Bonchev–Trinajstić information content (AvgIpc) is 2.14. The quantitative estimate of drug-likeness (QED) is 0.740. The second-order valence-corrected chi connectivity index (χ2v) is 3.01. The Morgan fingerprint density at radius 1 is 1.31 bits per heavy atom. The van der Waals surface area contributed by atoms with Gasteiger partial charge in [0.2, 0.25) is 0 Å². The van der Waals surface area contributed by atoms with Gasteiger partial charge in [-0.05, 0) is 12.5 Å². The Morgan fingerprint density at radius 2 is 1.88 bits per heavy atom. The third-order valence-corrected chi connectivity index (χ3v) is 2.04. The molecule has 1 rings (SSSR count). The van der Waals surface area contributed by atoms with Gasteiger partial charge in [0.05, 0.1) is 13.3 Å². The number of methoxy groups -OCH3 is 1. The zero-order valence-electron chi connectivity index (χ0n) is 8.40. The standard InChI is InChI=1S/C9H8F5NO/c1-4-6(9(12,13)14)5(16-2)3-15-7(4)8(10)11/h3,8H,1-2H3. The summed E-state index contributed by atoms with van der Waals surface area (Å²) in [4.78, 5) is 3.25. The number of halogens is 5. The molecule has 0 aliphatic heterocycles. The van der Waals surface area contributed by atoms with E-state index in [1.54, 1.807) is 0 Å². The normalized spacial score (nSPS) is 12.0. The van der Waals surface area contributed by atoms with E-state index in [2.05, 4.69) is 9.72 Å². The summed E-state index contributed by atoms with van der Waals surface area (Å²) in [5, 5.41) is 0. The zero-order valence-corrected chi connectivity index (χ0v) is 8.40. The first-order valence-electron chi connectivity index (χ1n) is 4.17. The molecule has 0 bridgehead atoms. The maximum Gasteiger partial charge on any atom is 0.420 e. The summed E-state index contributed by atoms with van der Waals surface area (Å²) in [6, 6.07) is 0. The number of alkyl halides is 5. The number of hydrogen-bond donors (Lipinski definition) is 0. The molecule has 0 radical (unpaired) electrons. The van der Waals surface area contributed by atoms with Gasteiger partial charge in [-0.1, -0.05) is 0 Å². The van der Waals surface area contributed by atoms with E-state index in [1.807, 2.05) is 0 Å². The van der Waals surface area contributed by atoms with Gasteiger partial charge in [-0.15, -0.1) is 0 Å². The molecule has 1 heterocycles. The molecule has 1 aromatic rings. The van der Waals surface area contributed by atoms with Crippen molar-refractivity contribution in [3.63, 3.8) is 0 Å². The molecule has 90 valence electrons. The van der Waals surface area contributed by atoms with Gasteiger partial charge in [-0.25, -0.2) is 8.78 Å². The Labute approximate surface area is 88.1 Å². The Morgan fingerprint density at radius 3 is 2.25 bits per heavy atom. The van der Waals surface area contributed by atoms with Crippen LogP contribution in [0.1, 0.15) is 23.2 Å². The van der Waals surface area contributed by atoms with Crippen LogP contribution >= 0.6 is 0 Å². The molecule has 0 N–H and O–H groups in total. The molecular weight excluding hydrogens is 233 g/mol. The fourth-order valence-corrected chi connectivity index (χ4v) is 1.33. The Hall–Kier alpha value is -1.40. The molecule has 2 nitrogen and oxygen atoms in total. The summed E-state index contributed by atoms with van der Waals surface area (Å²) in [5.74, 6) is -0.561.